The molecule has 123 valence electrons. The minimum absolute atomic E-state index is 0.115. The van der Waals surface area contributed by atoms with Crippen molar-refractivity contribution in [2.45, 2.75) is 20.0 Å². The van der Waals surface area contributed by atoms with E-state index in [1.54, 1.807) is 18.3 Å². The van der Waals surface area contributed by atoms with Crippen molar-refractivity contribution < 1.29 is 13.2 Å². The highest BCUT2D eigenvalue weighted by Gasteiger charge is 2.32. The summed E-state index contributed by atoms with van der Waals surface area (Å²) in [6.45, 7) is 3.72. The largest absolute Gasteiger partial charge is 0.433 e. The molecule has 0 saturated carbocycles. The Morgan fingerprint density at radius 2 is 1.96 bits per heavy atom. The predicted octanol–water partition coefficient (Wildman–Crippen LogP) is 3.84. The molecule has 3 rings (SSSR count). The van der Waals surface area contributed by atoms with Gasteiger partial charge in [-0.1, -0.05) is 0 Å². The number of aryl methyl sites for hydroxylation is 2. The second kappa shape index (κ2) is 5.95. The fourth-order valence-corrected chi connectivity index (χ4v) is 2.27. The molecule has 0 bridgehead atoms. The van der Waals surface area contributed by atoms with Crippen LogP contribution in [-0.4, -0.2) is 19.5 Å². The van der Waals surface area contributed by atoms with Gasteiger partial charge in [0, 0.05) is 23.8 Å². The molecule has 0 spiro atoms. The van der Waals surface area contributed by atoms with Crippen LogP contribution < -0.4 is 5.32 Å². The molecule has 1 N–H and O–H groups in total. The van der Waals surface area contributed by atoms with Crippen molar-refractivity contribution in [2.24, 2.45) is 0 Å². The summed E-state index contributed by atoms with van der Waals surface area (Å²) in [5, 5.41) is 2.81. The monoisotopic (exact) mass is 332 g/mol. The molecule has 8 heteroatoms. The molecule has 0 fully saturated rings. The summed E-state index contributed by atoms with van der Waals surface area (Å²) in [4.78, 5) is 11.4. The lowest BCUT2D eigenvalue weighted by atomic mass is 10.2. The van der Waals surface area contributed by atoms with Gasteiger partial charge in [-0.3, -0.25) is 0 Å². The van der Waals surface area contributed by atoms with Crippen molar-refractivity contribution in [2.75, 3.05) is 5.32 Å². The van der Waals surface area contributed by atoms with Gasteiger partial charge in [-0.15, -0.1) is 0 Å². The highest BCUT2D eigenvalue weighted by molar-refractivity contribution is 5.59. The summed E-state index contributed by atoms with van der Waals surface area (Å²) in [7, 11) is 0. The molecule has 3 aromatic rings. The van der Waals surface area contributed by atoms with E-state index in [0.29, 0.717) is 5.69 Å². The normalized spacial score (nSPS) is 11.5. The number of anilines is 2. The first-order chi connectivity index (χ1) is 11.3. The molecule has 24 heavy (non-hydrogen) atoms. The van der Waals surface area contributed by atoms with E-state index in [1.807, 2.05) is 24.5 Å². The summed E-state index contributed by atoms with van der Waals surface area (Å²) in [5.41, 5.74) is 1.33. The molecule has 2 heterocycles. The summed E-state index contributed by atoms with van der Waals surface area (Å²) < 4.78 is 40.0. The van der Waals surface area contributed by atoms with Crippen LogP contribution in [0.15, 0.2) is 36.7 Å². The lowest BCUT2D eigenvalue weighted by Crippen LogP contribution is -2.10. The average Bonchev–Trinajstić information content (AvgIpc) is 2.92. The zero-order valence-corrected chi connectivity index (χ0v) is 12.9. The Morgan fingerprint density at radius 1 is 1.17 bits per heavy atom. The van der Waals surface area contributed by atoms with Gasteiger partial charge in [-0.25, -0.2) is 15.0 Å². The highest BCUT2D eigenvalue weighted by Crippen LogP contribution is 2.28. The number of benzene rings is 1. The molecule has 1 radical (unpaired) electrons. The summed E-state index contributed by atoms with van der Waals surface area (Å²) in [6.07, 6.45) is 1.00. The van der Waals surface area contributed by atoms with Crippen LogP contribution in [0.3, 0.4) is 0 Å². The van der Waals surface area contributed by atoms with Crippen molar-refractivity contribution in [3.8, 4) is 5.69 Å². The van der Waals surface area contributed by atoms with E-state index in [1.165, 1.54) is 0 Å². The third kappa shape index (κ3) is 3.37. The second-order valence-electron chi connectivity index (χ2n) is 5.23. The molecule has 0 atom stereocenters. The quantitative estimate of drug-likeness (QED) is 0.792. The summed E-state index contributed by atoms with van der Waals surface area (Å²) in [6, 6.07) is 6.33. The predicted molar refractivity (Wildman–Crippen MR) is 82.2 cm³/mol. The van der Waals surface area contributed by atoms with Crippen LogP contribution in [0, 0.1) is 20.0 Å². The number of nitrogens with zero attached hydrogens (tertiary/aromatic N) is 4. The summed E-state index contributed by atoms with van der Waals surface area (Å²) in [5.74, 6) is 0.636. The molecular weight excluding hydrogens is 319 g/mol. The van der Waals surface area contributed by atoms with E-state index in [9.17, 15) is 13.2 Å². The minimum Gasteiger partial charge on any atom is -0.324 e. The zero-order valence-electron chi connectivity index (χ0n) is 12.9. The maximum Gasteiger partial charge on any atom is 0.433 e. The van der Waals surface area contributed by atoms with Crippen LogP contribution in [0.1, 0.15) is 17.1 Å². The number of nitrogens with one attached hydrogen (secondary N) is 1. The maximum absolute atomic E-state index is 12.7. The van der Waals surface area contributed by atoms with Gasteiger partial charge in [0.15, 0.2) is 0 Å². The molecule has 0 amide bonds. The molecule has 0 aliphatic heterocycles. The van der Waals surface area contributed by atoms with Crippen molar-refractivity contribution in [1.82, 2.24) is 19.5 Å². The van der Waals surface area contributed by atoms with Crippen LogP contribution in [0.5, 0.6) is 0 Å². The first kappa shape index (κ1) is 16.0. The van der Waals surface area contributed by atoms with Gasteiger partial charge in [-0.2, -0.15) is 13.2 Å². The topological polar surface area (TPSA) is 55.6 Å². The van der Waals surface area contributed by atoms with E-state index in [2.05, 4.69) is 26.5 Å². The fourth-order valence-electron chi connectivity index (χ4n) is 2.27. The molecular formula is C16H13F3N5. The van der Waals surface area contributed by atoms with Crippen molar-refractivity contribution in [1.29, 1.82) is 0 Å². The Labute approximate surface area is 136 Å². The number of alkyl halides is 3. The van der Waals surface area contributed by atoms with Gasteiger partial charge < -0.3 is 9.88 Å². The van der Waals surface area contributed by atoms with Gasteiger partial charge in [0.1, 0.15) is 17.7 Å². The number of halogens is 3. The lowest BCUT2D eigenvalue weighted by Gasteiger charge is -2.12. The number of rotatable bonds is 3. The third-order valence-electron chi connectivity index (χ3n) is 3.30. The van der Waals surface area contributed by atoms with E-state index in [4.69, 9.17) is 0 Å². The summed E-state index contributed by atoms with van der Waals surface area (Å²) >= 11 is 0. The Hall–Kier alpha value is -2.90. The fraction of sp³-hybridized carbons (Fsp3) is 0.188. The Kier molecular flexibility index (Phi) is 3.96. The van der Waals surface area contributed by atoms with Crippen molar-refractivity contribution in [3.05, 3.63) is 59.9 Å². The van der Waals surface area contributed by atoms with Gasteiger partial charge in [0.05, 0.1) is 0 Å². The standard InChI is InChI=1S/C16H13F3N5/c1-10-7-12(9-13(8-10)24-6-5-20-11(24)2)22-15-21-4-3-14(23-15)16(17,18)19/h3-4,6-9H,1-2H3,(H,21,22,23). The van der Waals surface area contributed by atoms with E-state index < -0.39 is 11.9 Å². The van der Waals surface area contributed by atoms with Crippen LogP contribution in [0.25, 0.3) is 5.69 Å². The van der Waals surface area contributed by atoms with Crippen LogP contribution in [0.2, 0.25) is 0 Å². The van der Waals surface area contributed by atoms with Crippen LogP contribution in [-0.2, 0) is 6.18 Å². The smallest absolute Gasteiger partial charge is 0.324 e. The van der Waals surface area contributed by atoms with Gasteiger partial charge >= 0.3 is 6.18 Å². The second-order valence-corrected chi connectivity index (χ2v) is 5.23. The Balaban J connectivity index is 1.94. The van der Waals surface area contributed by atoms with Gasteiger partial charge in [0.25, 0.3) is 0 Å². The first-order valence-corrected chi connectivity index (χ1v) is 7.04. The maximum atomic E-state index is 12.7. The van der Waals surface area contributed by atoms with Crippen molar-refractivity contribution in [3.63, 3.8) is 0 Å². The lowest BCUT2D eigenvalue weighted by molar-refractivity contribution is -0.141. The Morgan fingerprint density at radius 3 is 2.62 bits per heavy atom. The molecule has 1 aromatic carbocycles. The van der Waals surface area contributed by atoms with Crippen molar-refractivity contribution >= 4 is 11.6 Å². The number of hydrogen-bond acceptors (Lipinski definition) is 4. The van der Waals surface area contributed by atoms with E-state index in [-0.39, 0.29) is 5.95 Å². The molecule has 0 unspecified atom stereocenters. The van der Waals surface area contributed by atoms with Crippen LogP contribution >= 0.6 is 0 Å². The van der Waals surface area contributed by atoms with E-state index >= 15 is 0 Å². The minimum atomic E-state index is -4.51. The average molecular weight is 332 g/mol. The van der Waals surface area contributed by atoms with E-state index in [0.717, 1.165) is 29.3 Å². The number of imidazole rings is 1. The highest BCUT2D eigenvalue weighted by atomic mass is 19.4. The third-order valence-corrected chi connectivity index (χ3v) is 3.30. The molecule has 0 aliphatic carbocycles. The van der Waals surface area contributed by atoms with Gasteiger partial charge in [-0.05, 0) is 43.7 Å². The Bertz CT molecular complexity index is 870. The molecule has 5 nitrogen and oxygen atoms in total. The van der Waals surface area contributed by atoms with Gasteiger partial charge in [0.2, 0.25) is 5.95 Å². The molecule has 0 saturated heterocycles. The molecule has 0 aliphatic rings. The number of aromatic nitrogens is 4. The SMILES string of the molecule is Cc1cc(Nc2nccc(C(F)(F)F)n2)cc(-n2c[c]nc2C)c1. The first-order valence-electron chi connectivity index (χ1n) is 7.04. The molecule has 2 aromatic heterocycles. The zero-order chi connectivity index (χ0) is 17.3. The number of hydrogen-bond donors (Lipinski definition) is 1. The van der Waals surface area contributed by atoms with Crippen LogP contribution in [0.4, 0.5) is 24.8 Å².